The van der Waals surface area contributed by atoms with Crippen LogP contribution in [0.2, 0.25) is 0 Å². The van der Waals surface area contributed by atoms with Gasteiger partial charge in [0.05, 0.1) is 10.5 Å². The Kier molecular flexibility index (Phi) is 5.20. The van der Waals surface area contributed by atoms with Gasteiger partial charge in [-0.1, -0.05) is 19.9 Å². The summed E-state index contributed by atoms with van der Waals surface area (Å²) in [6.07, 6.45) is 0. The second kappa shape index (κ2) is 6.47. The molecule has 1 atom stereocenters. The number of rotatable bonds is 5. The minimum absolute atomic E-state index is 0.0195. The number of nitro benzene ring substituents is 1. The number of carboxylic acids is 1. The molecule has 0 aliphatic heterocycles. The number of benzene rings is 1. The minimum Gasteiger partial charge on any atom is -0.480 e. The van der Waals surface area contributed by atoms with Crippen LogP contribution >= 0.6 is 15.9 Å². The first-order valence-corrected chi connectivity index (χ1v) is 6.51. The zero-order valence-corrected chi connectivity index (χ0v) is 12.4. The maximum absolute atomic E-state index is 12.0. The molecule has 0 spiro atoms. The van der Waals surface area contributed by atoms with Gasteiger partial charge in [0, 0.05) is 6.07 Å². The number of nitrogens with zero attached hydrogens (tertiary/aromatic N) is 1. The molecule has 0 unspecified atom stereocenters. The first-order chi connectivity index (χ1) is 9.25. The summed E-state index contributed by atoms with van der Waals surface area (Å²) in [4.78, 5) is 33.2. The Morgan fingerprint density at radius 2 is 2.00 bits per heavy atom. The van der Waals surface area contributed by atoms with E-state index >= 15 is 0 Å². The van der Waals surface area contributed by atoms with Gasteiger partial charge in [-0.2, -0.15) is 0 Å². The molecule has 1 aromatic rings. The van der Waals surface area contributed by atoms with E-state index in [2.05, 4.69) is 21.2 Å². The smallest absolute Gasteiger partial charge is 0.326 e. The number of amides is 1. The number of nitrogens with one attached hydrogen (secondary N) is 1. The van der Waals surface area contributed by atoms with Crippen LogP contribution in [0.1, 0.15) is 24.2 Å². The van der Waals surface area contributed by atoms with Crippen LogP contribution in [-0.2, 0) is 4.79 Å². The Morgan fingerprint density at radius 3 is 2.45 bits per heavy atom. The van der Waals surface area contributed by atoms with Crippen molar-refractivity contribution in [3.8, 4) is 0 Å². The predicted octanol–water partition coefficient (Wildman–Crippen LogP) is 2.20. The fraction of sp³-hybridized carbons (Fsp3) is 0.333. The number of aliphatic carboxylic acids is 1. The SMILES string of the molecule is CC(C)[C@H](NC(=O)c1cccc([N+](=O)[O-])c1Br)C(=O)O. The van der Waals surface area contributed by atoms with Gasteiger partial charge in [0.15, 0.2) is 0 Å². The minimum atomic E-state index is -1.16. The van der Waals surface area contributed by atoms with E-state index in [9.17, 15) is 19.7 Å². The number of halogens is 1. The summed E-state index contributed by atoms with van der Waals surface area (Å²) in [5.74, 6) is -2.15. The van der Waals surface area contributed by atoms with Crippen molar-refractivity contribution in [3.05, 3.63) is 38.3 Å². The molecule has 0 radical (unpaired) electrons. The molecule has 1 aromatic carbocycles. The van der Waals surface area contributed by atoms with Gasteiger partial charge in [0.2, 0.25) is 0 Å². The highest BCUT2D eigenvalue weighted by Crippen LogP contribution is 2.28. The van der Waals surface area contributed by atoms with Gasteiger partial charge in [-0.05, 0) is 27.9 Å². The molecule has 20 heavy (non-hydrogen) atoms. The first kappa shape index (κ1) is 16.1. The lowest BCUT2D eigenvalue weighted by Crippen LogP contribution is -2.44. The lowest BCUT2D eigenvalue weighted by molar-refractivity contribution is -0.385. The Labute approximate surface area is 123 Å². The molecule has 0 heterocycles. The van der Waals surface area contributed by atoms with E-state index in [0.717, 1.165) is 0 Å². The molecule has 0 aliphatic rings. The number of hydrogen-bond acceptors (Lipinski definition) is 4. The maximum Gasteiger partial charge on any atom is 0.326 e. The quantitative estimate of drug-likeness (QED) is 0.628. The normalized spacial score (nSPS) is 12.0. The lowest BCUT2D eigenvalue weighted by Gasteiger charge is -2.18. The zero-order chi connectivity index (χ0) is 15.4. The Bertz CT molecular complexity index is 559. The van der Waals surface area contributed by atoms with E-state index in [4.69, 9.17) is 5.11 Å². The van der Waals surface area contributed by atoms with E-state index in [1.807, 2.05) is 0 Å². The van der Waals surface area contributed by atoms with Crippen LogP contribution in [0, 0.1) is 16.0 Å². The van der Waals surface area contributed by atoms with Gasteiger partial charge >= 0.3 is 5.97 Å². The molecule has 0 fully saturated rings. The molecule has 0 aliphatic carbocycles. The second-order valence-corrected chi connectivity index (χ2v) is 5.22. The van der Waals surface area contributed by atoms with Crippen molar-refractivity contribution in [1.29, 1.82) is 0 Å². The lowest BCUT2D eigenvalue weighted by atomic mass is 10.0. The van der Waals surface area contributed by atoms with Crippen LogP contribution in [-0.4, -0.2) is 27.9 Å². The molecule has 8 heteroatoms. The zero-order valence-electron chi connectivity index (χ0n) is 10.8. The van der Waals surface area contributed by atoms with Crippen LogP contribution in [0.3, 0.4) is 0 Å². The third-order valence-corrected chi connectivity index (χ3v) is 3.47. The highest BCUT2D eigenvalue weighted by Gasteiger charge is 2.26. The van der Waals surface area contributed by atoms with Gasteiger partial charge in [-0.3, -0.25) is 14.9 Å². The molecule has 1 rings (SSSR count). The summed E-state index contributed by atoms with van der Waals surface area (Å²) < 4.78 is 0.0235. The van der Waals surface area contributed by atoms with E-state index in [0.29, 0.717) is 0 Å². The van der Waals surface area contributed by atoms with Crippen LogP contribution in [0.5, 0.6) is 0 Å². The summed E-state index contributed by atoms with van der Waals surface area (Å²) in [6.45, 7) is 3.31. The molecule has 0 saturated heterocycles. The second-order valence-electron chi connectivity index (χ2n) is 4.43. The average molecular weight is 345 g/mol. The van der Waals surface area contributed by atoms with Gasteiger partial charge in [0.1, 0.15) is 10.5 Å². The molecule has 0 bridgehead atoms. The molecular formula is C12H13BrN2O5. The van der Waals surface area contributed by atoms with Gasteiger partial charge in [-0.25, -0.2) is 4.79 Å². The highest BCUT2D eigenvalue weighted by molar-refractivity contribution is 9.10. The first-order valence-electron chi connectivity index (χ1n) is 5.72. The number of nitro groups is 1. The molecular weight excluding hydrogens is 332 g/mol. The van der Waals surface area contributed by atoms with Crippen molar-refractivity contribution < 1.29 is 19.6 Å². The van der Waals surface area contributed by atoms with Crippen LogP contribution in [0.4, 0.5) is 5.69 Å². The molecule has 2 N–H and O–H groups in total. The Balaban J connectivity index is 3.07. The summed E-state index contributed by atoms with van der Waals surface area (Å²) >= 11 is 3.00. The monoisotopic (exact) mass is 344 g/mol. The van der Waals surface area contributed by atoms with Crippen LogP contribution < -0.4 is 5.32 Å². The van der Waals surface area contributed by atoms with Gasteiger partial charge in [-0.15, -0.1) is 0 Å². The summed E-state index contributed by atoms with van der Waals surface area (Å²) in [6, 6.07) is 2.93. The molecule has 108 valence electrons. The highest BCUT2D eigenvalue weighted by atomic mass is 79.9. The van der Waals surface area contributed by atoms with Gasteiger partial charge < -0.3 is 10.4 Å². The maximum atomic E-state index is 12.0. The van der Waals surface area contributed by atoms with Crippen molar-refractivity contribution in [3.63, 3.8) is 0 Å². The Morgan fingerprint density at radius 1 is 1.40 bits per heavy atom. The van der Waals surface area contributed by atoms with Crippen LogP contribution in [0.15, 0.2) is 22.7 Å². The van der Waals surface area contributed by atoms with E-state index in [1.54, 1.807) is 13.8 Å². The average Bonchev–Trinajstić information content (AvgIpc) is 2.34. The topological polar surface area (TPSA) is 110 Å². The molecule has 0 saturated carbocycles. The molecule has 0 aromatic heterocycles. The predicted molar refractivity (Wildman–Crippen MR) is 74.5 cm³/mol. The van der Waals surface area contributed by atoms with Crippen molar-refractivity contribution in [1.82, 2.24) is 5.32 Å². The standard InChI is InChI=1S/C12H13BrN2O5/c1-6(2)10(12(17)18)14-11(16)7-4-3-5-8(9(7)13)15(19)20/h3-6,10H,1-2H3,(H,14,16)(H,17,18)/t10-/m0/s1. The van der Waals surface area contributed by atoms with Crippen molar-refractivity contribution in [2.24, 2.45) is 5.92 Å². The van der Waals surface area contributed by atoms with E-state index in [-0.39, 0.29) is 21.6 Å². The van der Waals surface area contributed by atoms with E-state index < -0.39 is 22.8 Å². The molecule has 1 amide bonds. The van der Waals surface area contributed by atoms with Crippen molar-refractivity contribution in [2.45, 2.75) is 19.9 Å². The van der Waals surface area contributed by atoms with Crippen molar-refractivity contribution in [2.75, 3.05) is 0 Å². The fourth-order valence-corrected chi connectivity index (χ4v) is 2.16. The summed E-state index contributed by atoms with van der Waals surface area (Å²) in [5, 5.41) is 22.1. The third-order valence-electron chi connectivity index (χ3n) is 2.64. The largest absolute Gasteiger partial charge is 0.480 e. The van der Waals surface area contributed by atoms with E-state index in [1.165, 1.54) is 18.2 Å². The van der Waals surface area contributed by atoms with Crippen molar-refractivity contribution >= 4 is 33.5 Å². The number of carboxylic acid groups (broad SMARTS) is 1. The summed E-state index contributed by atoms with van der Waals surface area (Å²) in [5.41, 5.74) is -0.236. The number of carbonyl (C=O) groups excluding carboxylic acids is 1. The van der Waals surface area contributed by atoms with Gasteiger partial charge in [0.25, 0.3) is 11.6 Å². The number of carbonyl (C=O) groups is 2. The Hall–Kier alpha value is -1.96. The third kappa shape index (κ3) is 3.53. The molecule has 7 nitrogen and oxygen atoms in total. The fourth-order valence-electron chi connectivity index (χ4n) is 1.57. The summed E-state index contributed by atoms with van der Waals surface area (Å²) in [7, 11) is 0. The number of hydrogen-bond donors (Lipinski definition) is 2. The van der Waals surface area contributed by atoms with Crippen LogP contribution in [0.25, 0.3) is 0 Å².